The molecule has 0 heterocycles. The molecule has 4 nitrogen and oxygen atoms in total. The van der Waals surface area contributed by atoms with Gasteiger partial charge in [-0.2, -0.15) is 4.39 Å². The van der Waals surface area contributed by atoms with Crippen LogP contribution in [0.5, 0.6) is 5.75 Å². The van der Waals surface area contributed by atoms with Crippen molar-refractivity contribution >= 4 is 7.60 Å². The molecule has 0 aliphatic heterocycles. The zero-order chi connectivity index (χ0) is 20.6. The SMILES string of the molecule is O=P(O)(O)CCCCCCOc1ccc(C23CC4CC(CC(C4)C2)C3)c(F)c1F. The lowest BCUT2D eigenvalue weighted by Gasteiger charge is -2.57. The van der Waals surface area contributed by atoms with Crippen LogP contribution in [0.2, 0.25) is 0 Å². The van der Waals surface area contributed by atoms with Crippen molar-refractivity contribution in [3.63, 3.8) is 0 Å². The van der Waals surface area contributed by atoms with Crippen LogP contribution in [-0.4, -0.2) is 22.6 Å². The zero-order valence-electron chi connectivity index (χ0n) is 16.8. The standard InChI is InChI=1S/C22H31F2O4P/c23-20-18(22-12-15-9-16(13-22)11-17(10-15)14-22)5-6-19(21(20)24)28-7-3-1-2-4-8-29(25,26)27/h5-6,15-17H,1-4,7-14H2,(H2,25,26,27). The third kappa shape index (κ3) is 4.70. The Morgan fingerprint density at radius 3 is 2.10 bits per heavy atom. The molecule has 4 aliphatic carbocycles. The van der Waals surface area contributed by atoms with E-state index in [2.05, 4.69) is 0 Å². The Bertz CT molecular complexity index is 756. The predicted octanol–water partition coefficient (Wildman–Crippen LogP) is 5.55. The van der Waals surface area contributed by atoms with Gasteiger partial charge in [0.25, 0.3) is 0 Å². The van der Waals surface area contributed by atoms with Gasteiger partial charge in [-0.3, -0.25) is 4.57 Å². The highest BCUT2D eigenvalue weighted by Crippen LogP contribution is 2.61. The summed E-state index contributed by atoms with van der Waals surface area (Å²) in [5.41, 5.74) is 0.371. The Labute approximate surface area is 171 Å². The van der Waals surface area contributed by atoms with E-state index in [1.54, 1.807) is 12.1 Å². The summed E-state index contributed by atoms with van der Waals surface area (Å²) in [6.45, 7) is 0.267. The summed E-state index contributed by atoms with van der Waals surface area (Å²) in [7, 11) is -3.93. The van der Waals surface area contributed by atoms with Crippen molar-refractivity contribution in [2.24, 2.45) is 17.8 Å². The number of unbranched alkanes of at least 4 members (excludes halogenated alkanes) is 3. The summed E-state index contributed by atoms with van der Waals surface area (Å²) in [6, 6.07) is 3.33. The van der Waals surface area contributed by atoms with Gasteiger partial charge in [0.15, 0.2) is 11.6 Å². The van der Waals surface area contributed by atoms with Gasteiger partial charge in [-0.1, -0.05) is 18.9 Å². The number of rotatable bonds is 9. The van der Waals surface area contributed by atoms with Gasteiger partial charge in [-0.25, -0.2) is 4.39 Å². The van der Waals surface area contributed by atoms with E-state index >= 15 is 4.39 Å². The molecule has 0 atom stereocenters. The number of ether oxygens (including phenoxy) is 1. The molecule has 0 aromatic heterocycles. The molecular weight excluding hydrogens is 397 g/mol. The maximum absolute atomic E-state index is 15.0. The van der Waals surface area contributed by atoms with Crippen LogP contribution in [0.4, 0.5) is 8.78 Å². The normalized spacial score (nSPS) is 30.7. The molecule has 0 spiro atoms. The fourth-order valence-electron chi connectivity index (χ4n) is 6.45. The topological polar surface area (TPSA) is 66.8 Å². The molecule has 29 heavy (non-hydrogen) atoms. The molecule has 0 unspecified atom stereocenters. The third-order valence-electron chi connectivity index (χ3n) is 7.26. The Morgan fingerprint density at radius 1 is 0.931 bits per heavy atom. The monoisotopic (exact) mass is 428 g/mol. The summed E-state index contributed by atoms with van der Waals surface area (Å²) < 4.78 is 46.0. The first-order valence-electron chi connectivity index (χ1n) is 10.9. The van der Waals surface area contributed by atoms with Crippen molar-refractivity contribution in [3.8, 4) is 5.75 Å². The van der Waals surface area contributed by atoms with Crippen molar-refractivity contribution in [1.82, 2.24) is 0 Å². The van der Waals surface area contributed by atoms with Crippen LogP contribution in [-0.2, 0) is 9.98 Å². The second-order valence-electron chi connectivity index (χ2n) is 9.59. The molecule has 0 radical (unpaired) electrons. The van der Waals surface area contributed by atoms with Crippen LogP contribution in [0.1, 0.15) is 69.8 Å². The molecule has 0 amide bonds. The van der Waals surface area contributed by atoms with Gasteiger partial charge in [-0.05, 0) is 86.2 Å². The quantitative estimate of drug-likeness (QED) is 0.400. The van der Waals surface area contributed by atoms with Crippen molar-refractivity contribution < 1.29 is 27.9 Å². The first-order valence-corrected chi connectivity index (χ1v) is 12.7. The molecule has 1 aromatic carbocycles. The number of hydrogen-bond donors (Lipinski definition) is 2. The summed E-state index contributed by atoms with van der Waals surface area (Å²) >= 11 is 0. The van der Waals surface area contributed by atoms with Gasteiger partial charge < -0.3 is 14.5 Å². The van der Waals surface area contributed by atoms with Crippen LogP contribution in [0, 0.1) is 29.4 Å². The molecule has 162 valence electrons. The molecule has 2 N–H and O–H groups in total. The predicted molar refractivity (Wildman–Crippen MR) is 107 cm³/mol. The van der Waals surface area contributed by atoms with E-state index in [-0.39, 0.29) is 23.9 Å². The molecule has 4 aliphatic rings. The molecule has 1 aromatic rings. The van der Waals surface area contributed by atoms with E-state index in [1.807, 2.05) is 0 Å². The van der Waals surface area contributed by atoms with E-state index in [0.29, 0.717) is 42.6 Å². The van der Waals surface area contributed by atoms with Gasteiger partial charge >= 0.3 is 7.60 Å². The Balaban J connectivity index is 1.33. The zero-order valence-corrected chi connectivity index (χ0v) is 17.7. The van der Waals surface area contributed by atoms with E-state index < -0.39 is 19.2 Å². The average molecular weight is 428 g/mol. The van der Waals surface area contributed by atoms with E-state index in [4.69, 9.17) is 14.5 Å². The molecule has 7 heteroatoms. The lowest BCUT2D eigenvalue weighted by atomic mass is 9.48. The van der Waals surface area contributed by atoms with Crippen molar-refractivity contribution in [1.29, 1.82) is 0 Å². The van der Waals surface area contributed by atoms with Crippen LogP contribution in [0.25, 0.3) is 0 Å². The van der Waals surface area contributed by atoms with Gasteiger partial charge in [0.1, 0.15) is 0 Å². The van der Waals surface area contributed by atoms with Crippen molar-refractivity contribution in [2.75, 3.05) is 12.8 Å². The number of halogens is 2. The molecule has 4 saturated carbocycles. The highest BCUT2D eigenvalue weighted by molar-refractivity contribution is 7.51. The molecule has 4 fully saturated rings. The Morgan fingerprint density at radius 2 is 1.52 bits per heavy atom. The molecular formula is C22H31F2O4P. The van der Waals surface area contributed by atoms with Gasteiger partial charge in [0.05, 0.1) is 6.61 Å². The highest BCUT2D eigenvalue weighted by atomic mass is 31.2. The van der Waals surface area contributed by atoms with Crippen LogP contribution in [0.3, 0.4) is 0 Å². The van der Waals surface area contributed by atoms with Gasteiger partial charge in [0.2, 0.25) is 5.82 Å². The molecule has 4 bridgehead atoms. The van der Waals surface area contributed by atoms with Crippen LogP contribution < -0.4 is 4.74 Å². The molecule has 0 saturated heterocycles. The van der Waals surface area contributed by atoms with Crippen molar-refractivity contribution in [3.05, 3.63) is 29.3 Å². The first kappa shape index (κ1) is 21.3. The summed E-state index contributed by atoms with van der Waals surface area (Å²) in [4.78, 5) is 17.6. The minimum atomic E-state index is -3.93. The van der Waals surface area contributed by atoms with Gasteiger partial charge in [-0.15, -0.1) is 0 Å². The average Bonchev–Trinajstić information content (AvgIpc) is 2.62. The third-order valence-corrected chi connectivity index (χ3v) is 8.16. The van der Waals surface area contributed by atoms with Crippen molar-refractivity contribution in [2.45, 2.75) is 69.6 Å². The minimum absolute atomic E-state index is 0.0359. The largest absolute Gasteiger partial charge is 0.490 e. The fourth-order valence-corrected chi connectivity index (χ4v) is 7.08. The molecule has 5 rings (SSSR count). The summed E-state index contributed by atoms with van der Waals surface area (Å²) in [5.74, 6) is 0.373. The highest BCUT2D eigenvalue weighted by Gasteiger charge is 2.52. The first-order chi connectivity index (χ1) is 13.8. The second kappa shape index (κ2) is 8.28. The smallest absolute Gasteiger partial charge is 0.325 e. The fraction of sp³-hybridized carbons (Fsp3) is 0.727. The van der Waals surface area contributed by atoms with Crippen LogP contribution in [0.15, 0.2) is 12.1 Å². The maximum Gasteiger partial charge on any atom is 0.325 e. The minimum Gasteiger partial charge on any atom is -0.490 e. The van der Waals surface area contributed by atoms with E-state index in [9.17, 15) is 8.96 Å². The van der Waals surface area contributed by atoms with E-state index in [0.717, 1.165) is 25.7 Å². The van der Waals surface area contributed by atoms with Gasteiger partial charge in [0, 0.05) is 6.16 Å². The number of benzene rings is 1. The van der Waals surface area contributed by atoms with Crippen LogP contribution >= 0.6 is 7.60 Å². The summed E-state index contributed by atoms with van der Waals surface area (Å²) in [5, 5.41) is 0. The second-order valence-corrected chi connectivity index (χ2v) is 11.4. The summed E-state index contributed by atoms with van der Waals surface area (Å²) in [6.07, 6.45) is 9.14. The van der Waals surface area contributed by atoms with E-state index in [1.165, 1.54) is 19.3 Å². The number of hydrogen-bond acceptors (Lipinski definition) is 2. The lowest BCUT2D eigenvalue weighted by Crippen LogP contribution is -2.49. The Hall–Kier alpha value is -0.970. The lowest BCUT2D eigenvalue weighted by molar-refractivity contribution is -0.00708. The maximum atomic E-state index is 15.0. The Kier molecular flexibility index (Phi) is 6.07.